The number of rotatable bonds is 4. The fraction of sp³-hybridized carbons (Fsp3) is 0.478. The molecule has 6 nitrogen and oxygen atoms in total. The van der Waals surface area contributed by atoms with Gasteiger partial charge in [-0.05, 0) is 67.7 Å². The smallest absolute Gasteiger partial charge is 0.231 e. The molecular weight excluding hydrogens is 532 g/mol. The topological polar surface area (TPSA) is 55.4 Å². The first-order valence-electron chi connectivity index (χ1n) is 10.1. The van der Waals surface area contributed by atoms with E-state index in [0.717, 1.165) is 44.0 Å². The summed E-state index contributed by atoms with van der Waals surface area (Å²) in [5.41, 5.74) is 4.01. The molecule has 31 heavy (non-hydrogen) atoms. The van der Waals surface area contributed by atoms with E-state index < -0.39 is 0 Å². The lowest BCUT2D eigenvalue weighted by Crippen LogP contribution is -2.19. The fourth-order valence-electron chi connectivity index (χ4n) is 4.52. The number of fused-ring (bicyclic) bond motifs is 4. The number of ether oxygens (including phenoxy) is 6. The van der Waals surface area contributed by atoms with Crippen molar-refractivity contribution in [1.29, 1.82) is 0 Å². The Morgan fingerprint density at radius 2 is 1.13 bits per heavy atom. The molecule has 8 heteroatoms. The Balaban J connectivity index is 2.22. The molecule has 2 aromatic rings. The molecule has 0 spiro atoms. The fourth-order valence-corrected chi connectivity index (χ4v) is 5.88. The summed E-state index contributed by atoms with van der Waals surface area (Å²) in [6.45, 7) is 4.70. The van der Waals surface area contributed by atoms with Gasteiger partial charge in [-0.15, -0.1) is 0 Å². The molecular formula is C23H26Br2O6. The molecule has 4 rings (SSSR count). The standard InChI is InChI=1S/C23H26Br2O6/c1-10-7-12-14(18(26-3)22(29-6)20(28-5)16(12)24)15-13(8-11(10)2)17(25)21-23(19(15)27-4)31-9-30-21/h10-11H,7-9H2,1-6H3/t10-,11-/m0/s1. The van der Waals surface area contributed by atoms with Crippen molar-refractivity contribution < 1.29 is 28.4 Å². The summed E-state index contributed by atoms with van der Waals surface area (Å²) >= 11 is 7.60. The van der Waals surface area contributed by atoms with Crippen LogP contribution in [-0.2, 0) is 12.8 Å². The van der Waals surface area contributed by atoms with Crippen LogP contribution in [0, 0.1) is 11.8 Å². The van der Waals surface area contributed by atoms with Crippen molar-refractivity contribution in [2.24, 2.45) is 11.8 Å². The molecule has 1 aliphatic carbocycles. The van der Waals surface area contributed by atoms with Crippen LogP contribution in [0.25, 0.3) is 11.1 Å². The summed E-state index contributed by atoms with van der Waals surface area (Å²) in [4.78, 5) is 0. The van der Waals surface area contributed by atoms with E-state index in [4.69, 9.17) is 28.4 Å². The third-order valence-electron chi connectivity index (χ3n) is 6.31. The van der Waals surface area contributed by atoms with E-state index in [9.17, 15) is 0 Å². The Bertz CT molecular complexity index is 1040. The Morgan fingerprint density at radius 1 is 0.645 bits per heavy atom. The number of halogens is 2. The van der Waals surface area contributed by atoms with Gasteiger partial charge in [0.2, 0.25) is 18.3 Å². The zero-order valence-electron chi connectivity index (χ0n) is 18.5. The third kappa shape index (κ3) is 3.33. The summed E-state index contributed by atoms with van der Waals surface area (Å²) in [5, 5.41) is 0. The highest BCUT2D eigenvalue weighted by Crippen LogP contribution is 2.60. The highest BCUT2D eigenvalue weighted by Gasteiger charge is 2.38. The van der Waals surface area contributed by atoms with Crippen molar-refractivity contribution >= 4 is 31.9 Å². The minimum absolute atomic E-state index is 0.152. The maximum absolute atomic E-state index is 5.94. The van der Waals surface area contributed by atoms with Gasteiger partial charge in [-0.1, -0.05) is 13.8 Å². The van der Waals surface area contributed by atoms with E-state index >= 15 is 0 Å². The highest BCUT2D eigenvalue weighted by atomic mass is 79.9. The molecule has 1 heterocycles. The van der Waals surface area contributed by atoms with E-state index in [1.54, 1.807) is 28.4 Å². The maximum atomic E-state index is 5.94. The molecule has 0 saturated heterocycles. The molecule has 2 aromatic carbocycles. The van der Waals surface area contributed by atoms with Gasteiger partial charge in [-0.3, -0.25) is 0 Å². The first-order valence-corrected chi connectivity index (χ1v) is 11.7. The summed E-state index contributed by atoms with van der Waals surface area (Å²) < 4.78 is 36.7. The van der Waals surface area contributed by atoms with Crippen LogP contribution in [0.5, 0.6) is 34.5 Å². The molecule has 0 N–H and O–H groups in total. The van der Waals surface area contributed by atoms with Crippen LogP contribution in [0.15, 0.2) is 8.95 Å². The second-order valence-electron chi connectivity index (χ2n) is 7.90. The first kappa shape index (κ1) is 22.4. The second-order valence-corrected chi connectivity index (χ2v) is 9.48. The van der Waals surface area contributed by atoms with E-state index in [0.29, 0.717) is 46.3 Å². The van der Waals surface area contributed by atoms with Crippen molar-refractivity contribution in [3.8, 4) is 45.6 Å². The van der Waals surface area contributed by atoms with Crippen LogP contribution in [-0.4, -0.2) is 35.2 Å². The minimum atomic E-state index is 0.152. The summed E-state index contributed by atoms with van der Waals surface area (Å²) in [7, 11) is 6.54. The molecule has 168 valence electrons. The average Bonchev–Trinajstić information content (AvgIpc) is 3.25. The maximum Gasteiger partial charge on any atom is 0.231 e. The number of hydrogen-bond donors (Lipinski definition) is 0. The van der Waals surface area contributed by atoms with Gasteiger partial charge in [0.1, 0.15) is 0 Å². The zero-order valence-corrected chi connectivity index (χ0v) is 21.7. The van der Waals surface area contributed by atoms with Gasteiger partial charge in [-0.2, -0.15) is 0 Å². The largest absolute Gasteiger partial charge is 0.492 e. The van der Waals surface area contributed by atoms with E-state index in [-0.39, 0.29) is 6.79 Å². The summed E-state index contributed by atoms with van der Waals surface area (Å²) in [5.74, 6) is 4.46. The minimum Gasteiger partial charge on any atom is -0.492 e. The van der Waals surface area contributed by atoms with Gasteiger partial charge in [0, 0.05) is 11.1 Å². The van der Waals surface area contributed by atoms with Gasteiger partial charge in [-0.25, -0.2) is 0 Å². The lowest BCUT2D eigenvalue weighted by atomic mass is 9.77. The van der Waals surface area contributed by atoms with E-state index in [2.05, 4.69) is 45.7 Å². The van der Waals surface area contributed by atoms with Crippen molar-refractivity contribution in [3.63, 3.8) is 0 Å². The van der Waals surface area contributed by atoms with Crippen molar-refractivity contribution in [2.45, 2.75) is 26.7 Å². The Kier molecular flexibility index (Phi) is 6.23. The van der Waals surface area contributed by atoms with Gasteiger partial charge in [0.15, 0.2) is 23.0 Å². The predicted molar refractivity (Wildman–Crippen MR) is 125 cm³/mol. The normalized spacial score (nSPS) is 19.1. The summed E-state index contributed by atoms with van der Waals surface area (Å²) in [6, 6.07) is 0. The van der Waals surface area contributed by atoms with Crippen LogP contribution >= 0.6 is 31.9 Å². The quantitative estimate of drug-likeness (QED) is 0.458. The Hall–Kier alpha value is -1.80. The van der Waals surface area contributed by atoms with Crippen LogP contribution in [0.3, 0.4) is 0 Å². The second kappa shape index (κ2) is 8.62. The first-order chi connectivity index (χ1) is 14.9. The van der Waals surface area contributed by atoms with E-state index in [1.165, 1.54) is 0 Å². The van der Waals surface area contributed by atoms with E-state index in [1.807, 2.05) is 0 Å². The number of methoxy groups -OCH3 is 4. The predicted octanol–water partition coefficient (Wildman–Crippen LogP) is 6.01. The molecule has 2 aliphatic rings. The third-order valence-corrected chi connectivity index (χ3v) is 7.99. The monoisotopic (exact) mass is 556 g/mol. The SMILES string of the molecule is COc1c(Br)c2c(c(OC)c1OC)-c1c(c(Br)c3c(c1OC)OCO3)C[C@H](C)[C@@H](C)C2. The zero-order chi connectivity index (χ0) is 22.4. The van der Waals surface area contributed by atoms with Gasteiger partial charge in [0.05, 0.1) is 37.4 Å². The Labute approximate surface area is 199 Å². The molecule has 0 bridgehead atoms. The van der Waals surface area contributed by atoms with Crippen molar-refractivity contribution in [2.75, 3.05) is 35.2 Å². The van der Waals surface area contributed by atoms with Gasteiger partial charge in [0.25, 0.3) is 0 Å². The lowest BCUT2D eigenvalue weighted by Gasteiger charge is -2.31. The molecule has 0 fully saturated rings. The van der Waals surface area contributed by atoms with Crippen molar-refractivity contribution in [3.05, 3.63) is 20.1 Å². The summed E-state index contributed by atoms with van der Waals surface area (Å²) in [6.07, 6.45) is 1.68. The lowest BCUT2D eigenvalue weighted by molar-refractivity contribution is 0.170. The van der Waals surface area contributed by atoms with Crippen molar-refractivity contribution in [1.82, 2.24) is 0 Å². The molecule has 0 aromatic heterocycles. The molecule has 2 atom stereocenters. The van der Waals surface area contributed by atoms with Gasteiger partial charge >= 0.3 is 0 Å². The molecule has 0 radical (unpaired) electrons. The van der Waals surface area contributed by atoms with Gasteiger partial charge < -0.3 is 28.4 Å². The van der Waals surface area contributed by atoms with Crippen LogP contribution in [0.4, 0.5) is 0 Å². The molecule has 0 unspecified atom stereocenters. The number of benzene rings is 2. The average molecular weight is 558 g/mol. The molecule has 0 saturated carbocycles. The molecule has 1 aliphatic heterocycles. The highest BCUT2D eigenvalue weighted by molar-refractivity contribution is 9.11. The van der Waals surface area contributed by atoms with Crippen LogP contribution < -0.4 is 28.4 Å². The Morgan fingerprint density at radius 3 is 1.68 bits per heavy atom. The van der Waals surface area contributed by atoms with Crippen LogP contribution in [0.2, 0.25) is 0 Å². The number of hydrogen-bond acceptors (Lipinski definition) is 6. The molecule has 0 amide bonds. The van der Waals surface area contributed by atoms with Crippen LogP contribution in [0.1, 0.15) is 25.0 Å².